The third-order valence-electron chi connectivity index (χ3n) is 4.23. The summed E-state index contributed by atoms with van der Waals surface area (Å²) in [5.41, 5.74) is 1.32. The molecule has 0 saturated heterocycles. The van der Waals surface area contributed by atoms with Crippen LogP contribution in [0.4, 0.5) is 4.39 Å². The van der Waals surface area contributed by atoms with Crippen molar-refractivity contribution in [2.45, 2.75) is 51.5 Å². The third-order valence-corrected chi connectivity index (χ3v) is 6.17. The van der Waals surface area contributed by atoms with E-state index >= 15 is 0 Å². The van der Waals surface area contributed by atoms with Gasteiger partial charge in [0.15, 0.2) is 0 Å². The van der Waals surface area contributed by atoms with Crippen LogP contribution in [0.2, 0.25) is 5.02 Å². The summed E-state index contributed by atoms with van der Waals surface area (Å²) in [6.45, 7) is 7.77. The Morgan fingerprint density at radius 1 is 1.18 bits per heavy atom. The molecule has 0 fully saturated rings. The Balaban J connectivity index is 2.27. The zero-order chi connectivity index (χ0) is 20.9. The van der Waals surface area contributed by atoms with Gasteiger partial charge in [0.05, 0.1) is 18.2 Å². The van der Waals surface area contributed by atoms with E-state index < -0.39 is 21.9 Å². The zero-order valence-corrected chi connectivity index (χ0v) is 18.4. The predicted octanol–water partition coefficient (Wildman–Crippen LogP) is 5.57. The number of halogens is 2. The highest BCUT2D eigenvalue weighted by molar-refractivity contribution is 7.90. The third kappa shape index (κ3) is 6.01. The van der Waals surface area contributed by atoms with Crippen LogP contribution in [0.15, 0.2) is 36.4 Å². The molecule has 0 saturated carbocycles. The molecule has 2 aromatic rings. The lowest BCUT2D eigenvalue weighted by molar-refractivity contribution is 0.303. The first-order valence-electron chi connectivity index (χ1n) is 9.08. The van der Waals surface area contributed by atoms with Crippen molar-refractivity contribution in [3.05, 3.63) is 58.4 Å². The summed E-state index contributed by atoms with van der Waals surface area (Å²) in [7, 11) is 1.60. The van der Waals surface area contributed by atoms with Crippen molar-refractivity contribution in [2.75, 3.05) is 7.11 Å². The molecule has 0 radical (unpaired) electrons. The van der Waals surface area contributed by atoms with Crippen LogP contribution in [-0.4, -0.2) is 16.4 Å². The lowest BCUT2D eigenvalue weighted by Gasteiger charge is -2.28. The van der Waals surface area contributed by atoms with Crippen LogP contribution in [0.3, 0.4) is 0 Å². The molecule has 154 valence electrons. The Bertz CT molecular complexity index is 780. The van der Waals surface area contributed by atoms with Gasteiger partial charge in [0.1, 0.15) is 28.7 Å². The van der Waals surface area contributed by atoms with Crippen LogP contribution in [0.25, 0.3) is 0 Å². The molecule has 4 nitrogen and oxygen atoms in total. The zero-order valence-electron chi connectivity index (χ0n) is 16.8. The highest BCUT2D eigenvalue weighted by Gasteiger charge is 2.30. The summed E-state index contributed by atoms with van der Waals surface area (Å²) in [4.78, 5) is 0. The molecule has 0 heterocycles. The van der Waals surface area contributed by atoms with Gasteiger partial charge in [-0.25, -0.2) is 4.39 Å². The molecule has 0 aromatic heterocycles. The normalized spacial score (nSPS) is 13.9. The van der Waals surface area contributed by atoms with Crippen LogP contribution >= 0.6 is 11.6 Å². The van der Waals surface area contributed by atoms with Crippen LogP contribution in [-0.2, 0) is 18.0 Å². The van der Waals surface area contributed by atoms with Crippen LogP contribution in [0.1, 0.15) is 51.3 Å². The van der Waals surface area contributed by atoms with Gasteiger partial charge in [0.25, 0.3) is 0 Å². The summed E-state index contributed by atoms with van der Waals surface area (Å²) in [6.07, 6.45) is 0.622. The summed E-state index contributed by atoms with van der Waals surface area (Å²) in [6, 6.07) is 9.56. The maximum atomic E-state index is 14.1. The number of nitrogens with one attached hydrogen (secondary N) is 1. The number of hydrogen-bond acceptors (Lipinski definition) is 4. The summed E-state index contributed by atoms with van der Waals surface area (Å²) < 4.78 is 40.3. The minimum Gasteiger partial charge on any atom is -0.598 e. The molecule has 0 aliphatic heterocycles. The second-order valence-corrected chi connectivity index (χ2v) is 9.78. The molecular formula is C21H27ClFNO3S. The lowest BCUT2D eigenvalue weighted by atomic mass is 9.99. The van der Waals surface area contributed by atoms with Gasteiger partial charge < -0.3 is 14.0 Å². The second-order valence-electron chi connectivity index (χ2n) is 7.38. The number of rotatable bonds is 8. The molecular weight excluding hydrogens is 401 g/mol. The summed E-state index contributed by atoms with van der Waals surface area (Å²) in [5.74, 6) is 0.939. The minimum atomic E-state index is -1.30. The molecule has 0 amide bonds. The van der Waals surface area contributed by atoms with Crippen LogP contribution in [0, 0.1) is 5.82 Å². The number of ether oxygens (including phenoxy) is 2. The largest absolute Gasteiger partial charge is 0.598 e. The fourth-order valence-corrected chi connectivity index (χ4v) is 3.76. The van der Waals surface area contributed by atoms with Crippen LogP contribution < -0.4 is 14.2 Å². The van der Waals surface area contributed by atoms with E-state index in [0.717, 1.165) is 5.75 Å². The van der Waals surface area contributed by atoms with E-state index in [1.54, 1.807) is 31.4 Å². The molecule has 2 atom stereocenters. The van der Waals surface area contributed by atoms with E-state index in [2.05, 4.69) is 4.72 Å². The molecule has 0 aliphatic rings. The van der Waals surface area contributed by atoms with E-state index in [9.17, 15) is 8.94 Å². The Morgan fingerprint density at radius 3 is 2.32 bits per heavy atom. The highest BCUT2D eigenvalue weighted by atomic mass is 35.5. The van der Waals surface area contributed by atoms with Gasteiger partial charge >= 0.3 is 0 Å². The molecule has 28 heavy (non-hydrogen) atoms. The molecule has 2 unspecified atom stereocenters. The summed E-state index contributed by atoms with van der Waals surface area (Å²) in [5, 5.41) is 0.283. The predicted molar refractivity (Wildman–Crippen MR) is 113 cm³/mol. The van der Waals surface area contributed by atoms with Gasteiger partial charge in [-0.3, -0.25) is 0 Å². The van der Waals surface area contributed by atoms with Crippen molar-refractivity contribution in [1.29, 1.82) is 0 Å². The van der Waals surface area contributed by atoms with Crippen molar-refractivity contribution in [3.63, 3.8) is 0 Å². The Labute approximate surface area is 174 Å². The smallest absolute Gasteiger partial charge is 0.136 e. The van der Waals surface area contributed by atoms with E-state index in [1.807, 2.05) is 27.7 Å². The van der Waals surface area contributed by atoms with Crippen molar-refractivity contribution in [1.82, 2.24) is 4.72 Å². The molecule has 2 aromatic carbocycles. The van der Waals surface area contributed by atoms with Crippen molar-refractivity contribution in [2.24, 2.45) is 0 Å². The standard InChI is InChI=1S/C21H27ClFNO3S/c1-6-20(24-28(25)21(2,3)4)17-11-14(23)12-19(22)18(17)13-27-16-9-7-15(26-5)8-10-16/h7-12,20,24H,6,13H2,1-5H3. The fraction of sp³-hybridized carbons (Fsp3) is 0.429. The molecule has 0 bridgehead atoms. The Hall–Kier alpha value is -1.47. The Morgan fingerprint density at radius 2 is 1.79 bits per heavy atom. The minimum absolute atomic E-state index is 0.168. The average molecular weight is 428 g/mol. The second kappa shape index (κ2) is 9.83. The maximum absolute atomic E-state index is 14.1. The SMILES string of the molecule is CCC(N[S+]([O-])C(C)(C)C)c1cc(F)cc(Cl)c1COc1ccc(OC)cc1. The van der Waals surface area contributed by atoms with E-state index in [0.29, 0.717) is 23.3 Å². The highest BCUT2D eigenvalue weighted by Crippen LogP contribution is 2.31. The van der Waals surface area contributed by atoms with Gasteiger partial charge in [0.2, 0.25) is 0 Å². The molecule has 0 spiro atoms. The Kier molecular flexibility index (Phi) is 8.01. The first kappa shape index (κ1) is 22.8. The average Bonchev–Trinajstić information content (AvgIpc) is 2.64. The number of methoxy groups -OCH3 is 1. The summed E-state index contributed by atoms with van der Waals surface area (Å²) >= 11 is 5.03. The van der Waals surface area contributed by atoms with E-state index in [4.69, 9.17) is 21.1 Å². The molecule has 0 aliphatic carbocycles. The maximum Gasteiger partial charge on any atom is 0.136 e. The molecule has 2 rings (SSSR count). The number of hydrogen-bond donors (Lipinski definition) is 1. The van der Waals surface area contributed by atoms with Gasteiger partial charge in [-0.2, -0.15) is 0 Å². The first-order chi connectivity index (χ1) is 13.2. The van der Waals surface area contributed by atoms with Crippen LogP contribution in [0.5, 0.6) is 11.5 Å². The fourth-order valence-electron chi connectivity index (χ4n) is 2.59. The van der Waals surface area contributed by atoms with Crippen molar-refractivity contribution < 1.29 is 18.4 Å². The van der Waals surface area contributed by atoms with E-state index in [-0.39, 0.29) is 17.7 Å². The van der Waals surface area contributed by atoms with Gasteiger partial charge in [-0.1, -0.05) is 18.5 Å². The number of benzene rings is 2. The monoisotopic (exact) mass is 427 g/mol. The van der Waals surface area contributed by atoms with Gasteiger partial charge in [-0.05, 0) is 69.2 Å². The van der Waals surface area contributed by atoms with Crippen molar-refractivity contribution >= 4 is 23.0 Å². The first-order valence-corrected chi connectivity index (χ1v) is 10.6. The lowest BCUT2D eigenvalue weighted by Crippen LogP contribution is -2.41. The quantitative estimate of drug-likeness (QED) is 0.559. The topological polar surface area (TPSA) is 53.5 Å². The van der Waals surface area contributed by atoms with E-state index in [1.165, 1.54) is 12.1 Å². The van der Waals surface area contributed by atoms with Crippen molar-refractivity contribution in [3.8, 4) is 11.5 Å². The van der Waals surface area contributed by atoms with Gasteiger partial charge in [-0.15, -0.1) is 4.72 Å². The van der Waals surface area contributed by atoms with Gasteiger partial charge in [0, 0.05) is 16.9 Å². The molecule has 7 heteroatoms. The molecule has 1 N–H and O–H groups in total.